The Kier molecular flexibility index (Phi) is 7.61. The first-order valence-corrected chi connectivity index (χ1v) is 10.1. The van der Waals surface area contributed by atoms with E-state index in [1.54, 1.807) is 34.6 Å². The van der Waals surface area contributed by atoms with Crippen LogP contribution in [-0.4, -0.2) is 50.0 Å². The van der Waals surface area contributed by atoms with E-state index in [0.717, 1.165) is 31.2 Å². The van der Waals surface area contributed by atoms with Crippen molar-refractivity contribution in [1.29, 1.82) is 0 Å². The highest BCUT2D eigenvalue weighted by molar-refractivity contribution is 7.89. The molecule has 0 radical (unpaired) electrons. The molecule has 7 heteroatoms. The maximum Gasteiger partial charge on any atom is 0.244 e. The number of rotatable bonds is 7. The molecule has 0 saturated carbocycles. The summed E-state index contributed by atoms with van der Waals surface area (Å²) >= 11 is 0. The van der Waals surface area contributed by atoms with Crippen molar-refractivity contribution in [2.24, 2.45) is 0 Å². The van der Waals surface area contributed by atoms with Crippen LogP contribution in [0.4, 0.5) is 0 Å². The molecule has 0 spiro atoms. The zero-order valence-corrected chi connectivity index (χ0v) is 15.2. The van der Waals surface area contributed by atoms with Crippen molar-refractivity contribution in [2.75, 3.05) is 26.2 Å². The molecule has 6 nitrogen and oxygen atoms in total. The Bertz CT molecular complexity index is 676. The Morgan fingerprint density at radius 1 is 1.12 bits per heavy atom. The fraction of sp³-hybridized carbons (Fsp3) is 0.500. The summed E-state index contributed by atoms with van der Waals surface area (Å²) in [5, 5.41) is 11.3. The molecule has 0 bridgehead atoms. The molecule has 1 amide bonds. The number of hydrogen-bond donors (Lipinski definition) is 2. The van der Waals surface area contributed by atoms with E-state index in [-0.39, 0.29) is 12.5 Å². The van der Waals surface area contributed by atoms with Crippen molar-refractivity contribution < 1.29 is 18.3 Å². The van der Waals surface area contributed by atoms with E-state index >= 15 is 0 Å². The first-order valence-electron chi connectivity index (χ1n) is 8.71. The first kappa shape index (κ1) is 19.6. The number of benzene rings is 1. The zero-order valence-electron chi connectivity index (χ0n) is 14.4. The number of carbonyl (C=O) groups is 1. The number of sulfonamides is 1. The SMILES string of the molecule is O=C(/C=C/c1ccc(S(=O)(=O)N2CCCCCC2)cc1)NCCCO. The lowest BCUT2D eigenvalue weighted by Crippen LogP contribution is -2.31. The molecular formula is C18H26N2O4S. The van der Waals surface area contributed by atoms with Crippen LogP contribution in [0.25, 0.3) is 6.08 Å². The van der Waals surface area contributed by atoms with Gasteiger partial charge in [0.15, 0.2) is 0 Å². The smallest absolute Gasteiger partial charge is 0.244 e. The third-order valence-corrected chi connectivity index (χ3v) is 6.06. The predicted molar refractivity (Wildman–Crippen MR) is 97.4 cm³/mol. The van der Waals surface area contributed by atoms with Gasteiger partial charge in [-0.15, -0.1) is 0 Å². The number of nitrogens with zero attached hydrogens (tertiary/aromatic N) is 1. The van der Waals surface area contributed by atoms with Crippen LogP contribution in [0.15, 0.2) is 35.2 Å². The summed E-state index contributed by atoms with van der Waals surface area (Å²) < 4.78 is 26.9. The molecule has 0 atom stereocenters. The second kappa shape index (κ2) is 9.70. The Labute approximate surface area is 149 Å². The molecule has 1 aromatic rings. The molecule has 1 fully saturated rings. The van der Waals surface area contributed by atoms with Crippen molar-refractivity contribution in [3.8, 4) is 0 Å². The Morgan fingerprint density at radius 3 is 2.36 bits per heavy atom. The molecule has 1 aliphatic rings. The third-order valence-electron chi connectivity index (χ3n) is 4.14. The molecule has 0 aromatic heterocycles. The van der Waals surface area contributed by atoms with Gasteiger partial charge in [0, 0.05) is 32.3 Å². The van der Waals surface area contributed by atoms with Crippen molar-refractivity contribution in [2.45, 2.75) is 37.0 Å². The van der Waals surface area contributed by atoms with E-state index in [4.69, 9.17) is 5.11 Å². The number of aliphatic hydroxyl groups is 1. The maximum absolute atomic E-state index is 12.7. The number of aliphatic hydroxyl groups excluding tert-OH is 1. The Hall–Kier alpha value is -1.70. The van der Waals surface area contributed by atoms with Crippen LogP contribution in [0.3, 0.4) is 0 Å². The van der Waals surface area contributed by atoms with Crippen molar-refractivity contribution in [3.63, 3.8) is 0 Å². The second-order valence-corrected chi connectivity index (χ2v) is 8.03. The molecule has 1 aromatic carbocycles. The van der Waals surface area contributed by atoms with Crippen LogP contribution in [-0.2, 0) is 14.8 Å². The average molecular weight is 366 g/mol. The van der Waals surface area contributed by atoms with Gasteiger partial charge in [0.25, 0.3) is 0 Å². The van der Waals surface area contributed by atoms with E-state index in [2.05, 4.69) is 5.32 Å². The fourth-order valence-electron chi connectivity index (χ4n) is 2.70. The molecular weight excluding hydrogens is 340 g/mol. The number of nitrogens with one attached hydrogen (secondary N) is 1. The first-order chi connectivity index (χ1) is 12.0. The van der Waals surface area contributed by atoms with Gasteiger partial charge in [-0.25, -0.2) is 8.42 Å². The summed E-state index contributed by atoms with van der Waals surface area (Å²) in [6.07, 6.45) is 7.53. The van der Waals surface area contributed by atoms with Crippen LogP contribution in [0.5, 0.6) is 0 Å². The largest absolute Gasteiger partial charge is 0.396 e. The Balaban J connectivity index is 2.00. The van der Waals surface area contributed by atoms with E-state index in [1.165, 1.54) is 6.08 Å². The molecule has 2 N–H and O–H groups in total. The van der Waals surface area contributed by atoms with Crippen molar-refractivity contribution >= 4 is 22.0 Å². The average Bonchev–Trinajstić information content (AvgIpc) is 2.90. The van der Waals surface area contributed by atoms with Crippen LogP contribution < -0.4 is 5.32 Å². The Morgan fingerprint density at radius 2 is 1.76 bits per heavy atom. The quantitative estimate of drug-likeness (QED) is 0.569. The molecule has 1 aliphatic heterocycles. The van der Waals surface area contributed by atoms with Crippen LogP contribution in [0, 0.1) is 0 Å². The zero-order chi connectivity index (χ0) is 18.1. The summed E-state index contributed by atoms with van der Waals surface area (Å²) in [4.78, 5) is 11.9. The van der Waals surface area contributed by atoms with Gasteiger partial charge in [0.1, 0.15) is 0 Å². The molecule has 25 heavy (non-hydrogen) atoms. The van der Waals surface area contributed by atoms with Crippen LogP contribution in [0.1, 0.15) is 37.7 Å². The minimum absolute atomic E-state index is 0.0386. The van der Waals surface area contributed by atoms with Gasteiger partial charge in [-0.1, -0.05) is 25.0 Å². The highest BCUT2D eigenvalue weighted by atomic mass is 32.2. The number of carbonyl (C=O) groups excluding carboxylic acids is 1. The summed E-state index contributed by atoms with van der Waals surface area (Å²) in [6.45, 7) is 1.62. The normalized spacial score (nSPS) is 16.7. The van der Waals surface area contributed by atoms with Gasteiger partial charge in [0.05, 0.1) is 4.90 Å². The monoisotopic (exact) mass is 366 g/mol. The molecule has 0 aliphatic carbocycles. The maximum atomic E-state index is 12.7. The van der Waals surface area contributed by atoms with Gasteiger partial charge in [-0.05, 0) is 43.0 Å². The summed E-state index contributed by atoms with van der Waals surface area (Å²) in [5.74, 6) is -0.241. The highest BCUT2D eigenvalue weighted by Crippen LogP contribution is 2.20. The predicted octanol–water partition coefficient (Wildman–Crippen LogP) is 1.76. The lowest BCUT2D eigenvalue weighted by molar-refractivity contribution is -0.116. The second-order valence-electron chi connectivity index (χ2n) is 6.09. The van der Waals surface area contributed by atoms with Gasteiger partial charge < -0.3 is 10.4 Å². The molecule has 1 heterocycles. The number of amides is 1. The third kappa shape index (κ3) is 5.95. The summed E-state index contributed by atoms with van der Waals surface area (Å²) in [6, 6.07) is 6.57. The summed E-state index contributed by atoms with van der Waals surface area (Å²) in [5.41, 5.74) is 0.757. The van der Waals surface area contributed by atoms with E-state index < -0.39 is 10.0 Å². The minimum Gasteiger partial charge on any atom is -0.396 e. The summed E-state index contributed by atoms with van der Waals surface area (Å²) in [7, 11) is -3.44. The van der Waals surface area contributed by atoms with E-state index in [9.17, 15) is 13.2 Å². The van der Waals surface area contributed by atoms with Gasteiger partial charge in [-0.3, -0.25) is 4.79 Å². The van der Waals surface area contributed by atoms with Gasteiger partial charge >= 0.3 is 0 Å². The van der Waals surface area contributed by atoms with Crippen molar-refractivity contribution in [3.05, 3.63) is 35.9 Å². The standard InChI is InChI=1S/C18H26N2O4S/c21-15-5-12-19-18(22)11-8-16-6-9-17(10-7-16)25(23,24)20-13-3-1-2-4-14-20/h6-11,21H,1-5,12-15H2,(H,19,22)/b11-8+. The van der Waals surface area contributed by atoms with E-state index in [1.807, 2.05) is 0 Å². The number of hydrogen-bond acceptors (Lipinski definition) is 4. The molecule has 0 unspecified atom stereocenters. The van der Waals surface area contributed by atoms with Crippen LogP contribution in [0.2, 0.25) is 0 Å². The molecule has 138 valence electrons. The van der Waals surface area contributed by atoms with Gasteiger partial charge in [-0.2, -0.15) is 4.31 Å². The van der Waals surface area contributed by atoms with Gasteiger partial charge in [0.2, 0.25) is 15.9 Å². The van der Waals surface area contributed by atoms with E-state index in [0.29, 0.717) is 31.0 Å². The minimum atomic E-state index is -3.44. The molecule has 2 rings (SSSR count). The highest BCUT2D eigenvalue weighted by Gasteiger charge is 2.24. The van der Waals surface area contributed by atoms with Crippen LogP contribution >= 0.6 is 0 Å². The molecule has 1 saturated heterocycles. The topological polar surface area (TPSA) is 86.7 Å². The van der Waals surface area contributed by atoms with Crippen molar-refractivity contribution in [1.82, 2.24) is 9.62 Å². The lowest BCUT2D eigenvalue weighted by Gasteiger charge is -2.19. The fourth-order valence-corrected chi connectivity index (χ4v) is 4.22. The lowest BCUT2D eigenvalue weighted by atomic mass is 10.2.